The van der Waals surface area contributed by atoms with Crippen molar-refractivity contribution in [1.82, 2.24) is 19.5 Å². The monoisotopic (exact) mass is 311 g/mol. The van der Waals surface area contributed by atoms with Crippen LogP contribution in [0.25, 0.3) is 11.2 Å². The minimum atomic E-state index is -0.0433. The molecule has 120 valence electrons. The summed E-state index contributed by atoms with van der Waals surface area (Å²) in [5, 5.41) is 4.50. The van der Waals surface area contributed by atoms with Gasteiger partial charge in [0.2, 0.25) is 0 Å². The number of nitrogen functional groups attached to an aromatic ring is 1. The highest BCUT2D eigenvalue weighted by atomic mass is 16.2. The third kappa shape index (κ3) is 2.72. The molecule has 1 amide bonds. The van der Waals surface area contributed by atoms with E-state index in [2.05, 4.69) is 23.1 Å². The van der Waals surface area contributed by atoms with Gasteiger partial charge in [0, 0.05) is 24.9 Å². The zero-order valence-corrected chi connectivity index (χ0v) is 13.7. The first-order valence-electron chi connectivity index (χ1n) is 7.85. The largest absolute Gasteiger partial charge is 0.396 e. The Morgan fingerprint density at radius 2 is 2.09 bits per heavy atom. The van der Waals surface area contributed by atoms with Gasteiger partial charge in [-0.3, -0.25) is 4.79 Å². The van der Waals surface area contributed by atoms with Crippen LogP contribution in [0.15, 0.2) is 30.0 Å². The number of fused-ring (bicyclic) bond motifs is 1. The van der Waals surface area contributed by atoms with E-state index in [4.69, 9.17) is 5.73 Å². The lowest BCUT2D eigenvalue weighted by Crippen LogP contribution is -2.30. The number of allylic oxidation sites excluding steroid dienone is 4. The zero-order chi connectivity index (χ0) is 16.6. The molecule has 1 aliphatic carbocycles. The maximum atomic E-state index is 12.5. The van der Waals surface area contributed by atoms with E-state index >= 15 is 0 Å². The van der Waals surface area contributed by atoms with Gasteiger partial charge in [0.25, 0.3) is 5.91 Å². The van der Waals surface area contributed by atoms with Crippen LogP contribution in [0.3, 0.4) is 0 Å². The van der Waals surface area contributed by atoms with E-state index in [-0.39, 0.29) is 5.91 Å². The van der Waals surface area contributed by atoms with Gasteiger partial charge >= 0.3 is 0 Å². The summed E-state index contributed by atoms with van der Waals surface area (Å²) < 4.78 is 1.61. The van der Waals surface area contributed by atoms with Crippen LogP contribution in [0.2, 0.25) is 0 Å². The van der Waals surface area contributed by atoms with Gasteiger partial charge < -0.3 is 10.6 Å². The first-order chi connectivity index (χ1) is 11.0. The molecule has 1 aliphatic rings. The molecular weight excluding hydrogens is 290 g/mol. The Balaban J connectivity index is 2.00. The van der Waals surface area contributed by atoms with Gasteiger partial charge in [0.05, 0.1) is 11.3 Å². The number of anilines is 1. The highest BCUT2D eigenvalue weighted by Crippen LogP contribution is 2.27. The fraction of sp³-hybridized carbons (Fsp3) is 0.353. The maximum Gasteiger partial charge on any atom is 0.255 e. The molecule has 23 heavy (non-hydrogen) atoms. The topological polar surface area (TPSA) is 76.5 Å². The quantitative estimate of drug-likeness (QED) is 0.941. The second kappa shape index (κ2) is 5.87. The molecule has 0 spiro atoms. The van der Waals surface area contributed by atoms with E-state index in [1.54, 1.807) is 21.7 Å². The van der Waals surface area contributed by atoms with E-state index in [0.717, 1.165) is 12.0 Å². The summed E-state index contributed by atoms with van der Waals surface area (Å²) in [6.45, 7) is 7.31. The van der Waals surface area contributed by atoms with Crippen LogP contribution in [0.1, 0.15) is 43.4 Å². The lowest BCUT2D eigenvalue weighted by Gasteiger charge is -2.18. The number of nitrogens with zero attached hydrogens (tertiary/aromatic N) is 4. The summed E-state index contributed by atoms with van der Waals surface area (Å²) in [6.07, 6.45) is 6.66. The van der Waals surface area contributed by atoms with Gasteiger partial charge in [0.15, 0.2) is 11.5 Å². The van der Waals surface area contributed by atoms with Crippen LogP contribution < -0.4 is 5.73 Å². The molecule has 2 heterocycles. The van der Waals surface area contributed by atoms with E-state index in [9.17, 15) is 4.79 Å². The number of hydrogen-bond acceptors (Lipinski definition) is 4. The summed E-state index contributed by atoms with van der Waals surface area (Å²) >= 11 is 0. The Morgan fingerprint density at radius 3 is 2.70 bits per heavy atom. The number of nitrogens with two attached hydrogens (primary N) is 1. The fourth-order valence-electron chi connectivity index (χ4n) is 2.77. The molecule has 6 nitrogen and oxygen atoms in total. The first kappa shape index (κ1) is 15.3. The Bertz CT molecular complexity index is 827. The second-order valence-electron chi connectivity index (χ2n) is 5.75. The van der Waals surface area contributed by atoms with Crippen molar-refractivity contribution in [2.24, 2.45) is 0 Å². The van der Waals surface area contributed by atoms with Crippen molar-refractivity contribution in [3.05, 3.63) is 41.4 Å². The van der Waals surface area contributed by atoms with E-state index < -0.39 is 0 Å². The average molecular weight is 311 g/mol. The summed E-state index contributed by atoms with van der Waals surface area (Å²) in [5.74, 6) is 0.621. The van der Waals surface area contributed by atoms with Gasteiger partial charge in [-0.15, -0.1) is 5.10 Å². The minimum Gasteiger partial charge on any atom is -0.396 e. The first-order valence-corrected chi connectivity index (χ1v) is 7.85. The predicted molar refractivity (Wildman–Crippen MR) is 91.0 cm³/mol. The van der Waals surface area contributed by atoms with Crippen LogP contribution in [0.4, 0.5) is 5.69 Å². The number of hydrogen-bond donors (Lipinski definition) is 1. The Labute approximate surface area is 135 Å². The van der Waals surface area contributed by atoms with Crippen LogP contribution in [-0.4, -0.2) is 38.5 Å². The average Bonchev–Trinajstić information content (AvgIpc) is 3.14. The van der Waals surface area contributed by atoms with Gasteiger partial charge in [-0.2, -0.15) is 0 Å². The summed E-state index contributed by atoms with van der Waals surface area (Å²) in [4.78, 5) is 18.8. The van der Waals surface area contributed by atoms with Crippen molar-refractivity contribution in [2.45, 2.75) is 27.2 Å². The van der Waals surface area contributed by atoms with E-state index in [0.29, 0.717) is 35.8 Å². The lowest BCUT2D eigenvalue weighted by molar-refractivity contribution is 0.0772. The van der Waals surface area contributed by atoms with Crippen molar-refractivity contribution >= 4 is 22.8 Å². The molecule has 0 saturated heterocycles. The third-order valence-electron chi connectivity index (χ3n) is 4.08. The van der Waals surface area contributed by atoms with Crippen LogP contribution in [0.5, 0.6) is 0 Å². The molecule has 0 aromatic carbocycles. The van der Waals surface area contributed by atoms with Crippen LogP contribution >= 0.6 is 0 Å². The molecule has 6 heteroatoms. The lowest BCUT2D eigenvalue weighted by atomic mass is 10.2. The number of carbonyl (C=O) groups is 1. The van der Waals surface area contributed by atoms with Crippen molar-refractivity contribution in [3.8, 4) is 0 Å². The summed E-state index contributed by atoms with van der Waals surface area (Å²) in [7, 11) is 0. The highest BCUT2D eigenvalue weighted by molar-refractivity contribution is 5.95. The minimum absolute atomic E-state index is 0.0433. The zero-order valence-electron chi connectivity index (χ0n) is 13.7. The van der Waals surface area contributed by atoms with Crippen LogP contribution in [-0.2, 0) is 0 Å². The van der Waals surface area contributed by atoms with E-state index in [1.165, 1.54) is 5.57 Å². The third-order valence-corrected chi connectivity index (χ3v) is 4.08. The van der Waals surface area contributed by atoms with Gasteiger partial charge in [-0.1, -0.05) is 17.7 Å². The molecule has 2 aromatic rings. The molecule has 0 radical (unpaired) electrons. The van der Waals surface area contributed by atoms with Gasteiger partial charge in [0.1, 0.15) is 0 Å². The number of amides is 1. The Morgan fingerprint density at radius 1 is 1.35 bits per heavy atom. The standard InChI is InChI=1S/C17H21N5O/c1-4-21(5-2)17(23)13-9-14(18)16-19-15(20-22(16)10-13)12-7-6-11(3)8-12/h6-7,9-10H,4-5,8,18H2,1-3H3. The number of rotatable bonds is 4. The Kier molecular flexibility index (Phi) is 3.90. The van der Waals surface area contributed by atoms with Crippen molar-refractivity contribution < 1.29 is 4.79 Å². The molecular formula is C17H21N5O. The highest BCUT2D eigenvalue weighted by Gasteiger charge is 2.18. The molecule has 0 unspecified atom stereocenters. The van der Waals surface area contributed by atoms with Crippen molar-refractivity contribution in [2.75, 3.05) is 18.8 Å². The van der Waals surface area contributed by atoms with E-state index in [1.807, 2.05) is 19.9 Å². The number of aromatic nitrogens is 3. The van der Waals surface area contributed by atoms with Crippen molar-refractivity contribution in [1.29, 1.82) is 0 Å². The summed E-state index contributed by atoms with van der Waals surface area (Å²) in [5.41, 5.74) is 10.0. The molecule has 0 aliphatic heterocycles. The van der Waals surface area contributed by atoms with Crippen molar-refractivity contribution in [3.63, 3.8) is 0 Å². The molecule has 3 rings (SSSR count). The SMILES string of the molecule is CCN(CC)C(=O)c1cc(N)c2nc(C3=CC=C(C)C3)nn2c1. The van der Waals surface area contributed by atoms with Gasteiger partial charge in [-0.25, -0.2) is 9.50 Å². The second-order valence-corrected chi connectivity index (χ2v) is 5.75. The molecule has 2 aromatic heterocycles. The molecule has 0 bridgehead atoms. The fourth-order valence-corrected chi connectivity index (χ4v) is 2.77. The molecule has 2 N–H and O–H groups in total. The number of pyridine rings is 1. The molecule has 0 saturated carbocycles. The summed E-state index contributed by atoms with van der Waals surface area (Å²) in [6, 6.07) is 1.68. The Hall–Kier alpha value is -2.63. The maximum absolute atomic E-state index is 12.5. The molecule has 0 fully saturated rings. The normalized spacial score (nSPS) is 14.0. The number of carbonyl (C=O) groups excluding carboxylic acids is 1. The smallest absolute Gasteiger partial charge is 0.255 e. The van der Waals surface area contributed by atoms with Crippen LogP contribution in [0, 0.1) is 0 Å². The predicted octanol–water partition coefficient (Wildman–Crippen LogP) is 2.53. The van der Waals surface area contributed by atoms with Gasteiger partial charge in [-0.05, 0) is 33.3 Å². The molecule has 0 atom stereocenters.